The van der Waals surface area contributed by atoms with Crippen molar-refractivity contribution in [2.75, 3.05) is 0 Å². The molecule has 0 spiro atoms. The lowest BCUT2D eigenvalue weighted by Gasteiger charge is -2.13. The number of nitrogens with zero attached hydrogens (tertiary/aromatic N) is 1. The van der Waals surface area contributed by atoms with Crippen molar-refractivity contribution in [1.82, 2.24) is 10.4 Å². The third-order valence-corrected chi connectivity index (χ3v) is 2.67. The topological polar surface area (TPSA) is 32.3 Å². The van der Waals surface area contributed by atoms with Gasteiger partial charge in [0.2, 0.25) is 0 Å². The first-order chi connectivity index (χ1) is 9.25. The zero-order valence-electron chi connectivity index (χ0n) is 10.4. The second kappa shape index (κ2) is 6.54. The summed E-state index contributed by atoms with van der Waals surface area (Å²) in [6.45, 7) is 0.260. The van der Waals surface area contributed by atoms with E-state index in [2.05, 4.69) is 5.32 Å². The molecular weight excluding hydrogens is 243 g/mol. The van der Waals surface area contributed by atoms with E-state index in [9.17, 15) is 9.28 Å². The van der Waals surface area contributed by atoms with Crippen LogP contribution in [0.4, 0.5) is 9.28 Å². The van der Waals surface area contributed by atoms with Gasteiger partial charge in [-0.15, -0.1) is 0 Å². The number of rotatable bonds is 4. The van der Waals surface area contributed by atoms with E-state index in [-0.39, 0.29) is 11.7 Å². The third kappa shape index (κ3) is 4.10. The predicted octanol–water partition coefficient (Wildman–Crippen LogP) is 3.28. The monoisotopic (exact) mass is 258 g/mol. The average molecular weight is 258 g/mol. The first kappa shape index (κ1) is 13.1. The number of benzene rings is 2. The van der Waals surface area contributed by atoms with Crippen molar-refractivity contribution in [3.8, 4) is 0 Å². The Balaban J connectivity index is 1.83. The molecule has 0 bridgehead atoms. The van der Waals surface area contributed by atoms with E-state index < -0.39 is 6.03 Å². The fraction of sp³-hybridized carbons (Fsp3) is 0.133. The number of carbonyl (C=O) groups excluding carboxylic acids is 1. The summed E-state index contributed by atoms with van der Waals surface area (Å²) < 4.78 is 13.6. The van der Waals surface area contributed by atoms with Crippen molar-refractivity contribution in [2.45, 2.75) is 13.1 Å². The van der Waals surface area contributed by atoms with Crippen molar-refractivity contribution >= 4 is 6.03 Å². The molecule has 98 valence electrons. The zero-order chi connectivity index (χ0) is 13.5. The van der Waals surface area contributed by atoms with Crippen LogP contribution < -0.4 is 5.32 Å². The minimum atomic E-state index is -0.729. The summed E-state index contributed by atoms with van der Waals surface area (Å²) in [6.07, 6.45) is 0. The van der Waals surface area contributed by atoms with E-state index in [1.807, 2.05) is 48.5 Å². The number of nitrogens with one attached hydrogen (secondary N) is 1. The molecule has 0 heterocycles. The van der Waals surface area contributed by atoms with Gasteiger partial charge in [0.15, 0.2) is 0 Å². The fourth-order valence-corrected chi connectivity index (χ4v) is 1.67. The van der Waals surface area contributed by atoms with Crippen molar-refractivity contribution in [1.29, 1.82) is 0 Å². The van der Waals surface area contributed by atoms with E-state index in [0.29, 0.717) is 6.54 Å². The maximum atomic E-state index is 13.6. The SMILES string of the molecule is O=C(NCc1ccccc1)N(F)Cc1ccccc1. The predicted molar refractivity (Wildman–Crippen MR) is 71.8 cm³/mol. The maximum Gasteiger partial charge on any atom is 0.346 e. The summed E-state index contributed by atoms with van der Waals surface area (Å²) in [5.74, 6) is 0. The number of hydrogen-bond donors (Lipinski definition) is 1. The molecule has 0 aliphatic carbocycles. The van der Waals surface area contributed by atoms with Gasteiger partial charge in [0.05, 0.1) is 6.54 Å². The van der Waals surface area contributed by atoms with Crippen LogP contribution in [0.25, 0.3) is 0 Å². The molecule has 0 aromatic heterocycles. The molecule has 3 nitrogen and oxygen atoms in total. The van der Waals surface area contributed by atoms with E-state index in [4.69, 9.17) is 0 Å². The van der Waals surface area contributed by atoms with Crippen molar-refractivity contribution in [2.24, 2.45) is 0 Å². The molecular formula is C15H15FN2O. The Morgan fingerprint density at radius 3 is 2.05 bits per heavy atom. The molecule has 2 rings (SSSR count). The normalized spacial score (nSPS) is 9.95. The van der Waals surface area contributed by atoms with Gasteiger partial charge < -0.3 is 5.32 Å². The molecule has 0 fully saturated rings. The van der Waals surface area contributed by atoms with E-state index >= 15 is 0 Å². The molecule has 2 aromatic carbocycles. The van der Waals surface area contributed by atoms with Crippen LogP contribution in [0, 0.1) is 0 Å². The summed E-state index contributed by atoms with van der Waals surface area (Å²) in [7, 11) is 0. The Morgan fingerprint density at radius 2 is 1.47 bits per heavy atom. The van der Waals surface area contributed by atoms with Crippen molar-refractivity contribution in [3.05, 3.63) is 71.8 Å². The lowest BCUT2D eigenvalue weighted by Crippen LogP contribution is -2.33. The highest BCUT2D eigenvalue weighted by molar-refractivity contribution is 5.72. The molecule has 0 aliphatic rings. The second-order valence-electron chi connectivity index (χ2n) is 4.15. The number of carbonyl (C=O) groups is 1. The standard InChI is InChI=1S/C15H15FN2O/c16-18(12-14-9-5-2-6-10-14)15(19)17-11-13-7-3-1-4-8-13/h1-10H,11-12H2,(H,17,19). The van der Waals surface area contributed by atoms with Gasteiger partial charge in [-0.05, 0) is 11.1 Å². The lowest BCUT2D eigenvalue weighted by atomic mass is 10.2. The van der Waals surface area contributed by atoms with Gasteiger partial charge in [0.1, 0.15) is 0 Å². The lowest BCUT2D eigenvalue weighted by molar-refractivity contribution is 0.0580. The molecule has 19 heavy (non-hydrogen) atoms. The highest BCUT2D eigenvalue weighted by atomic mass is 19.2. The summed E-state index contributed by atoms with van der Waals surface area (Å²) in [5.41, 5.74) is 1.68. The van der Waals surface area contributed by atoms with E-state index in [1.165, 1.54) is 0 Å². The average Bonchev–Trinajstić information content (AvgIpc) is 2.47. The Hall–Kier alpha value is -2.36. The molecule has 2 aromatic rings. The summed E-state index contributed by atoms with van der Waals surface area (Å²) in [4.78, 5) is 11.6. The molecule has 0 saturated carbocycles. The second-order valence-corrected chi connectivity index (χ2v) is 4.15. The minimum Gasteiger partial charge on any atom is -0.332 e. The van der Waals surface area contributed by atoms with Crippen molar-refractivity contribution in [3.63, 3.8) is 0 Å². The maximum absolute atomic E-state index is 13.6. The number of amides is 2. The number of urea groups is 1. The number of halogens is 1. The Kier molecular flexibility index (Phi) is 4.50. The number of hydrogen-bond acceptors (Lipinski definition) is 1. The molecule has 4 heteroatoms. The van der Waals surface area contributed by atoms with Crippen LogP contribution in [0.3, 0.4) is 0 Å². The van der Waals surface area contributed by atoms with Crippen LogP contribution in [0.1, 0.15) is 11.1 Å². The van der Waals surface area contributed by atoms with Gasteiger partial charge in [0, 0.05) is 6.54 Å². The van der Waals surface area contributed by atoms with Gasteiger partial charge in [-0.25, -0.2) is 4.79 Å². The third-order valence-electron chi connectivity index (χ3n) is 2.67. The summed E-state index contributed by atoms with van der Waals surface area (Å²) >= 11 is 0. The van der Waals surface area contributed by atoms with Crippen LogP contribution >= 0.6 is 0 Å². The molecule has 1 N–H and O–H groups in total. The van der Waals surface area contributed by atoms with Crippen LogP contribution in [0.15, 0.2) is 60.7 Å². The van der Waals surface area contributed by atoms with Gasteiger partial charge in [-0.2, -0.15) is 5.12 Å². The smallest absolute Gasteiger partial charge is 0.332 e. The van der Waals surface area contributed by atoms with Gasteiger partial charge in [0.25, 0.3) is 0 Å². The van der Waals surface area contributed by atoms with E-state index in [1.54, 1.807) is 12.1 Å². The quantitative estimate of drug-likeness (QED) is 0.839. The van der Waals surface area contributed by atoms with E-state index in [0.717, 1.165) is 11.1 Å². The highest BCUT2D eigenvalue weighted by Gasteiger charge is 2.12. The molecule has 0 unspecified atom stereocenters. The van der Waals surface area contributed by atoms with Gasteiger partial charge in [-0.1, -0.05) is 65.1 Å². The minimum absolute atomic E-state index is 0.0541. The summed E-state index contributed by atoms with van der Waals surface area (Å²) in [6, 6.07) is 17.7. The van der Waals surface area contributed by atoms with Crippen LogP contribution in [-0.4, -0.2) is 11.2 Å². The Morgan fingerprint density at radius 1 is 0.947 bits per heavy atom. The summed E-state index contributed by atoms with van der Waals surface area (Å²) in [5, 5.41) is 2.71. The highest BCUT2D eigenvalue weighted by Crippen LogP contribution is 2.05. The van der Waals surface area contributed by atoms with Crippen LogP contribution in [-0.2, 0) is 13.1 Å². The van der Waals surface area contributed by atoms with Gasteiger partial charge >= 0.3 is 6.03 Å². The first-order valence-electron chi connectivity index (χ1n) is 6.05. The molecule has 0 radical (unpaired) electrons. The Labute approximate surface area is 111 Å². The Bertz CT molecular complexity index is 516. The fourth-order valence-electron chi connectivity index (χ4n) is 1.67. The molecule has 0 atom stereocenters. The van der Waals surface area contributed by atoms with Crippen LogP contribution in [0.5, 0.6) is 0 Å². The zero-order valence-corrected chi connectivity index (χ0v) is 10.4. The van der Waals surface area contributed by atoms with Crippen LogP contribution in [0.2, 0.25) is 0 Å². The molecule has 0 saturated heterocycles. The molecule has 0 aliphatic heterocycles. The largest absolute Gasteiger partial charge is 0.346 e. The first-order valence-corrected chi connectivity index (χ1v) is 6.05. The molecule has 2 amide bonds. The van der Waals surface area contributed by atoms with Crippen molar-refractivity contribution < 1.29 is 9.28 Å². The van der Waals surface area contributed by atoms with Gasteiger partial charge in [-0.3, -0.25) is 0 Å².